The third-order valence-electron chi connectivity index (χ3n) is 3.33. The van der Waals surface area contributed by atoms with Crippen molar-refractivity contribution in [3.05, 3.63) is 34.7 Å². The van der Waals surface area contributed by atoms with Crippen LogP contribution in [-0.2, 0) is 26.6 Å². The van der Waals surface area contributed by atoms with Crippen LogP contribution < -0.4 is 4.57 Å². The Morgan fingerprint density at radius 1 is 0.724 bits per heavy atom. The lowest BCUT2D eigenvalue weighted by Gasteiger charge is -2.22. The lowest BCUT2D eigenvalue weighted by molar-refractivity contribution is -0.697. The van der Waals surface area contributed by atoms with Crippen LogP contribution in [0, 0.1) is 0 Å². The van der Waals surface area contributed by atoms with E-state index in [0.717, 1.165) is 4.13 Å². The van der Waals surface area contributed by atoms with Gasteiger partial charge in [0.15, 0.2) is 32.4 Å². The van der Waals surface area contributed by atoms with Gasteiger partial charge in [-0.25, -0.2) is 21.4 Å². The van der Waals surface area contributed by atoms with Crippen LogP contribution in [0.5, 0.6) is 0 Å². The van der Waals surface area contributed by atoms with Crippen LogP contribution in [0.25, 0.3) is 4.13 Å². The number of aryl methyl sites for hydroxylation is 1. The van der Waals surface area contributed by atoms with Crippen LogP contribution in [0.3, 0.4) is 0 Å². The second kappa shape index (κ2) is 11.7. The minimum Gasteiger partial charge on any atom is -0.421 e. The average Bonchev–Trinajstić information content (AvgIpc) is 2.56. The Morgan fingerprint density at radius 2 is 1.14 bits per heavy atom. The van der Waals surface area contributed by atoms with Gasteiger partial charge < -0.3 is 4.13 Å². The molecule has 0 aliphatic carbocycles. The summed E-state index contributed by atoms with van der Waals surface area (Å²) in [5.41, 5.74) is -12.4. The summed E-state index contributed by atoms with van der Waals surface area (Å²) in [6.45, 7) is 3.44. The Bertz CT molecular complexity index is 752. The first-order valence-electron chi connectivity index (χ1n) is 8.45. The van der Waals surface area contributed by atoms with Crippen molar-refractivity contribution in [2.24, 2.45) is 0 Å². The molecule has 0 saturated carbocycles. The summed E-state index contributed by atoms with van der Waals surface area (Å²) in [6.07, 6.45) is 12.5. The molecule has 1 aromatic rings. The van der Waals surface area contributed by atoms with Crippen molar-refractivity contribution in [1.82, 2.24) is 0 Å². The second-order valence-corrected chi connectivity index (χ2v) is 9.22. The predicted molar refractivity (Wildman–Crippen MR) is 93.3 cm³/mol. The highest BCUT2D eigenvalue weighted by Gasteiger charge is 2.46. The maximum absolute atomic E-state index is 11.4. The minimum atomic E-state index is -6.72. The molecule has 6 nitrogen and oxygen atoms in total. The smallest absolute Gasteiger partial charge is 0.421 e. The Labute approximate surface area is 166 Å². The average molecular weight is 472 g/mol. The van der Waals surface area contributed by atoms with Crippen molar-refractivity contribution in [2.45, 2.75) is 63.0 Å². The van der Waals surface area contributed by atoms with Gasteiger partial charge in [-0.1, -0.05) is 38.7 Å². The van der Waals surface area contributed by atoms with E-state index in [0.29, 0.717) is 0 Å². The van der Waals surface area contributed by atoms with Gasteiger partial charge in [-0.05, 0) is 6.42 Å². The van der Waals surface area contributed by atoms with E-state index in [1.54, 1.807) is 0 Å². The van der Waals surface area contributed by atoms with Gasteiger partial charge >= 0.3 is 11.0 Å². The zero-order chi connectivity index (χ0) is 22.8. The molecule has 0 unspecified atom stereocenters. The molecule has 170 valence electrons. The first-order valence-corrected chi connectivity index (χ1v) is 11.3. The molecule has 29 heavy (non-hydrogen) atoms. The molecule has 1 heterocycles. The number of alkyl halides is 6. The molecule has 0 spiro atoms. The van der Waals surface area contributed by atoms with Crippen molar-refractivity contribution >= 4 is 20.0 Å². The normalized spacial score (nSPS) is 12.9. The lowest BCUT2D eigenvalue weighted by atomic mass is 10.1. The largest absolute Gasteiger partial charge is 0.480 e. The molecule has 0 atom stereocenters. The van der Waals surface area contributed by atoms with E-state index in [9.17, 15) is 43.2 Å². The summed E-state index contributed by atoms with van der Waals surface area (Å²) in [7, 11) is -13.4. The minimum absolute atomic E-state index is 0.778. The number of pyridine rings is 1. The monoisotopic (exact) mass is 472 g/mol. The molecule has 14 heteroatoms. The SMILES string of the molecule is CCCCCCCC[n+]1ccccc1.O=S(=O)([N-]S(=O)(=O)C(F)(F)F)C(F)(F)F. The molecule has 0 aliphatic heterocycles. The number of rotatable bonds is 9. The fraction of sp³-hybridized carbons (Fsp3) is 0.667. The number of sulfonamides is 2. The number of hydrogen-bond acceptors (Lipinski definition) is 4. The molecule has 0 aromatic carbocycles. The predicted octanol–water partition coefficient (Wildman–Crippen LogP) is 4.39. The fourth-order valence-electron chi connectivity index (χ4n) is 1.87. The highest BCUT2D eigenvalue weighted by atomic mass is 32.3. The fourth-order valence-corrected chi connectivity index (χ4v) is 3.58. The Kier molecular flexibility index (Phi) is 11.1. The van der Waals surface area contributed by atoms with Gasteiger partial charge in [0.05, 0.1) is 0 Å². The molecule has 1 aromatic heterocycles. The summed E-state index contributed by atoms with van der Waals surface area (Å²) < 4.78 is 111. The quantitative estimate of drug-likeness (QED) is 0.303. The van der Waals surface area contributed by atoms with E-state index < -0.39 is 31.1 Å². The Balaban J connectivity index is 0.000000541. The topological polar surface area (TPSA) is 86.3 Å². The summed E-state index contributed by atoms with van der Waals surface area (Å²) >= 11 is 0. The van der Waals surface area contributed by atoms with Crippen molar-refractivity contribution in [1.29, 1.82) is 0 Å². The van der Waals surface area contributed by atoms with Gasteiger partial charge in [-0.15, -0.1) is 0 Å². The zero-order valence-corrected chi connectivity index (χ0v) is 17.1. The van der Waals surface area contributed by atoms with Crippen molar-refractivity contribution in [3.8, 4) is 0 Å². The molecule has 0 N–H and O–H groups in total. The van der Waals surface area contributed by atoms with Crippen molar-refractivity contribution in [3.63, 3.8) is 0 Å². The molecule has 0 radical (unpaired) electrons. The van der Waals surface area contributed by atoms with Gasteiger partial charge in [0.25, 0.3) is 0 Å². The third-order valence-corrected chi connectivity index (χ3v) is 6.07. The van der Waals surface area contributed by atoms with Crippen LogP contribution in [0.4, 0.5) is 26.3 Å². The number of nitrogens with zero attached hydrogens (tertiary/aromatic N) is 2. The summed E-state index contributed by atoms with van der Waals surface area (Å²) in [5.74, 6) is 0. The standard InChI is InChI=1S/C13H22N.C2F6NO4S2/c1-2-3-4-5-6-8-11-14-12-9-7-10-13-14;3-1(4,5)14(10,11)9-15(12,13)2(6,7)8/h7,9-10,12-13H,2-6,8,11H2,1H3;/q+1;-1. The Hall–Kier alpha value is -1.41. The molecule has 1 rings (SSSR count). The van der Waals surface area contributed by atoms with E-state index >= 15 is 0 Å². The highest BCUT2D eigenvalue weighted by molar-refractivity contribution is 8.13. The molecular formula is C15H22F6N2O4S2. The van der Waals surface area contributed by atoms with E-state index in [-0.39, 0.29) is 0 Å². The van der Waals surface area contributed by atoms with Crippen LogP contribution >= 0.6 is 0 Å². The van der Waals surface area contributed by atoms with Crippen LogP contribution in [-0.4, -0.2) is 27.9 Å². The first kappa shape index (κ1) is 27.6. The number of hydrogen-bond donors (Lipinski definition) is 0. The summed E-state index contributed by atoms with van der Waals surface area (Å²) in [4.78, 5) is 0. The van der Waals surface area contributed by atoms with Gasteiger partial charge in [0.1, 0.15) is 6.54 Å². The number of unbranched alkanes of at least 4 members (excludes halogenated alkanes) is 5. The molecule has 0 bridgehead atoms. The van der Waals surface area contributed by atoms with Crippen LogP contribution in [0.15, 0.2) is 30.6 Å². The van der Waals surface area contributed by atoms with Gasteiger partial charge in [-0.3, -0.25) is 0 Å². The van der Waals surface area contributed by atoms with Gasteiger partial charge in [0, 0.05) is 18.6 Å². The van der Waals surface area contributed by atoms with E-state index in [1.807, 2.05) is 0 Å². The maximum Gasteiger partial charge on any atom is 0.480 e. The molecule has 0 aliphatic rings. The first-order chi connectivity index (χ1) is 13.1. The molecular weight excluding hydrogens is 450 g/mol. The zero-order valence-electron chi connectivity index (χ0n) is 15.4. The summed E-state index contributed by atoms with van der Waals surface area (Å²) in [6, 6.07) is 6.26. The lowest BCUT2D eigenvalue weighted by Crippen LogP contribution is -2.32. The van der Waals surface area contributed by atoms with Crippen molar-refractivity contribution in [2.75, 3.05) is 0 Å². The van der Waals surface area contributed by atoms with Gasteiger partial charge in [-0.2, -0.15) is 26.3 Å². The molecule has 0 fully saturated rings. The van der Waals surface area contributed by atoms with Gasteiger partial charge in [0.2, 0.25) is 0 Å². The summed E-state index contributed by atoms with van der Waals surface area (Å²) in [5, 5.41) is 0. The molecule has 0 amide bonds. The Morgan fingerprint density at radius 3 is 1.55 bits per heavy atom. The number of aromatic nitrogens is 1. The van der Waals surface area contributed by atoms with Crippen molar-refractivity contribution < 1.29 is 47.7 Å². The van der Waals surface area contributed by atoms with E-state index in [2.05, 4.69) is 42.1 Å². The van der Waals surface area contributed by atoms with E-state index in [4.69, 9.17) is 0 Å². The second-order valence-electron chi connectivity index (χ2n) is 5.80. The van der Waals surface area contributed by atoms with Crippen LogP contribution in [0.1, 0.15) is 45.4 Å². The number of halogens is 6. The maximum atomic E-state index is 11.4. The van der Waals surface area contributed by atoms with E-state index in [1.165, 1.54) is 45.1 Å². The van der Waals surface area contributed by atoms with Crippen LogP contribution in [0.2, 0.25) is 0 Å². The highest BCUT2D eigenvalue weighted by Crippen LogP contribution is 2.36. The molecule has 0 saturated heterocycles. The third kappa shape index (κ3) is 10.8.